The summed E-state index contributed by atoms with van der Waals surface area (Å²) in [6.07, 6.45) is 4.66. The Morgan fingerprint density at radius 1 is 1.06 bits per heavy atom. The number of nitrogens with one attached hydrogen (secondary N) is 2. The third-order valence-electron chi connectivity index (χ3n) is 8.48. The van der Waals surface area contributed by atoms with Crippen LogP contribution < -0.4 is 15.5 Å². The summed E-state index contributed by atoms with van der Waals surface area (Å²) in [6.45, 7) is 3.30. The summed E-state index contributed by atoms with van der Waals surface area (Å²) in [6, 6.07) is 2.83. The molecule has 2 aliphatic heterocycles. The molecule has 6 rings (SSSR count). The van der Waals surface area contributed by atoms with E-state index in [1.165, 1.54) is 31.3 Å². The predicted octanol–water partition coefficient (Wildman–Crippen LogP) is 3.51. The van der Waals surface area contributed by atoms with E-state index >= 15 is 0 Å². The number of aromatic nitrogens is 2. The van der Waals surface area contributed by atoms with Crippen LogP contribution in [0.15, 0.2) is 24.5 Å². The van der Waals surface area contributed by atoms with E-state index in [1.807, 2.05) is 4.90 Å². The standard InChI is InChI=1S/C24H28F3N5O/c25-24(26,27)16-1-2-18(20-19(16)29-9-10-30-20)32-13-17(23(14-32)3-4-23)21(33)31-15-11-22(12-15)5-7-28-8-6-22/h1-2,9-10,15,17,28H,3-8,11-14H2,(H,31,33). The summed E-state index contributed by atoms with van der Waals surface area (Å²) in [4.78, 5) is 23.6. The van der Waals surface area contributed by atoms with E-state index in [9.17, 15) is 18.0 Å². The van der Waals surface area contributed by atoms with Gasteiger partial charge in [-0.25, -0.2) is 0 Å². The lowest BCUT2D eigenvalue weighted by Gasteiger charge is -2.50. The molecule has 1 unspecified atom stereocenters. The molecule has 33 heavy (non-hydrogen) atoms. The van der Waals surface area contributed by atoms with Crippen LogP contribution in [0.2, 0.25) is 0 Å². The lowest BCUT2D eigenvalue weighted by atomic mass is 9.60. The number of alkyl halides is 3. The molecule has 1 amide bonds. The van der Waals surface area contributed by atoms with Crippen LogP contribution in [-0.4, -0.2) is 48.1 Å². The lowest BCUT2D eigenvalue weighted by Crippen LogP contribution is -2.55. The number of nitrogens with zero attached hydrogens (tertiary/aromatic N) is 3. The number of hydrogen-bond acceptors (Lipinski definition) is 5. The molecule has 0 radical (unpaired) electrons. The Balaban J connectivity index is 1.20. The number of carbonyl (C=O) groups excluding carboxylic acids is 1. The zero-order valence-corrected chi connectivity index (χ0v) is 18.4. The average molecular weight is 460 g/mol. The second kappa shape index (κ2) is 7.29. The second-order valence-electron chi connectivity index (χ2n) is 10.5. The molecule has 2 N–H and O–H groups in total. The maximum absolute atomic E-state index is 13.5. The largest absolute Gasteiger partial charge is 0.418 e. The van der Waals surface area contributed by atoms with Crippen molar-refractivity contribution in [2.24, 2.45) is 16.7 Å². The Hall–Kier alpha value is -2.42. The van der Waals surface area contributed by atoms with Crippen molar-refractivity contribution < 1.29 is 18.0 Å². The van der Waals surface area contributed by atoms with Crippen LogP contribution in [0.25, 0.3) is 11.0 Å². The van der Waals surface area contributed by atoms with Gasteiger partial charge in [0.15, 0.2) is 0 Å². The molecule has 2 aliphatic carbocycles. The molecule has 176 valence electrons. The molecule has 4 fully saturated rings. The Morgan fingerprint density at radius 2 is 1.76 bits per heavy atom. The SMILES string of the molecule is O=C(NC1CC2(CCNCC2)C1)C1CN(c2ccc(C(F)(F)F)c3nccnc23)CC12CC2. The van der Waals surface area contributed by atoms with Gasteiger partial charge in [0.25, 0.3) is 0 Å². The number of rotatable bonds is 3. The first kappa shape index (κ1) is 21.1. The van der Waals surface area contributed by atoms with Crippen LogP contribution in [0.4, 0.5) is 18.9 Å². The van der Waals surface area contributed by atoms with Crippen molar-refractivity contribution in [2.75, 3.05) is 31.1 Å². The first-order chi connectivity index (χ1) is 15.8. The van der Waals surface area contributed by atoms with Crippen molar-refractivity contribution in [3.05, 3.63) is 30.1 Å². The van der Waals surface area contributed by atoms with Gasteiger partial charge in [-0.15, -0.1) is 0 Å². The fourth-order valence-electron chi connectivity index (χ4n) is 6.46. The van der Waals surface area contributed by atoms with Crippen LogP contribution in [0, 0.1) is 16.7 Å². The molecule has 6 nitrogen and oxygen atoms in total. The van der Waals surface area contributed by atoms with Crippen LogP contribution in [-0.2, 0) is 11.0 Å². The van der Waals surface area contributed by atoms with Gasteiger partial charge in [-0.1, -0.05) is 0 Å². The van der Waals surface area contributed by atoms with Crippen LogP contribution in [0.3, 0.4) is 0 Å². The van der Waals surface area contributed by atoms with Crippen LogP contribution >= 0.6 is 0 Å². The van der Waals surface area contributed by atoms with Gasteiger partial charge in [0.1, 0.15) is 11.0 Å². The molecular formula is C24H28F3N5O. The number of piperidine rings is 1. The molecule has 4 aliphatic rings. The average Bonchev–Trinajstić information content (AvgIpc) is 3.44. The normalized spacial score (nSPS) is 26.0. The molecule has 2 saturated carbocycles. The van der Waals surface area contributed by atoms with E-state index < -0.39 is 11.7 Å². The summed E-state index contributed by atoms with van der Waals surface area (Å²) in [7, 11) is 0. The summed E-state index contributed by atoms with van der Waals surface area (Å²) >= 11 is 0. The highest BCUT2D eigenvalue weighted by atomic mass is 19.4. The molecule has 1 atom stereocenters. The quantitative estimate of drug-likeness (QED) is 0.735. The third-order valence-corrected chi connectivity index (χ3v) is 8.48. The summed E-state index contributed by atoms with van der Waals surface area (Å²) < 4.78 is 40.4. The number of fused-ring (bicyclic) bond motifs is 1. The first-order valence-electron chi connectivity index (χ1n) is 11.9. The fraction of sp³-hybridized carbons (Fsp3) is 0.625. The number of hydrogen-bond donors (Lipinski definition) is 2. The van der Waals surface area contributed by atoms with Crippen molar-refractivity contribution in [3.8, 4) is 0 Å². The van der Waals surface area contributed by atoms with E-state index in [4.69, 9.17) is 0 Å². The smallest absolute Gasteiger partial charge is 0.368 e. The van der Waals surface area contributed by atoms with E-state index in [1.54, 1.807) is 0 Å². The van der Waals surface area contributed by atoms with E-state index in [0.717, 1.165) is 44.8 Å². The molecule has 1 aromatic carbocycles. The number of anilines is 1. The molecule has 2 aromatic rings. The summed E-state index contributed by atoms with van der Waals surface area (Å²) in [5.41, 5.74) is 0.293. The number of carbonyl (C=O) groups is 1. The molecule has 0 bridgehead atoms. The highest BCUT2D eigenvalue weighted by Gasteiger charge is 2.58. The second-order valence-corrected chi connectivity index (χ2v) is 10.5. The molecule has 3 heterocycles. The monoisotopic (exact) mass is 459 g/mol. The van der Waals surface area contributed by atoms with Gasteiger partial charge in [-0.05, 0) is 69.2 Å². The molecule has 2 saturated heterocycles. The highest BCUT2D eigenvalue weighted by Crippen LogP contribution is 2.58. The summed E-state index contributed by atoms with van der Waals surface area (Å²) in [5, 5.41) is 6.71. The number of benzene rings is 1. The van der Waals surface area contributed by atoms with Crippen molar-refractivity contribution in [3.63, 3.8) is 0 Å². The van der Waals surface area contributed by atoms with Gasteiger partial charge in [0, 0.05) is 36.9 Å². The van der Waals surface area contributed by atoms with E-state index in [2.05, 4.69) is 20.6 Å². The van der Waals surface area contributed by atoms with Crippen LogP contribution in [0.1, 0.15) is 44.1 Å². The van der Waals surface area contributed by atoms with Crippen molar-refractivity contribution in [2.45, 2.75) is 50.7 Å². The molecule has 9 heteroatoms. The van der Waals surface area contributed by atoms with Gasteiger partial charge in [-0.2, -0.15) is 13.2 Å². The zero-order chi connectivity index (χ0) is 22.8. The number of amides is 1. The highest BCUT2D eigenvalue weighted by molar-refractivity contribution is 5.92. The fourth-order valence-corrected chi connectivity index (χ4v) is 6.46. The zero-order valence-electron chi connectivity index (χ0n) is 18.4. The van der Waals surface area contributed by atoms with E-state index in [0.29, 0.717) is 24.2 Å². The Bertz CT molecular complexity index is 1090. The van der Waals surface area contributed by atoms with Crippen molar-refractivity contribution in [1.29, 1.82) is 0 Å². The van der Waals surface area contributed by atoms with Crippen molar-refractivity contribution in [1.82, 2.24) is 20.6 Å². The lowest BCUT2D eigenvalue weighted by molar-refractivity contribution is -0.136. The topological polar surface area (TPSA) is 70.2 Å². The Labute approximate surface area is 190 Å². The van der Waals surface area contributed by atoms with Gasteiger partial charge in [0.2, 0.25) is 5.91 Å². The molecule has 2 spiro atoms. The van der Waals surface area contributed by atoms with E-state index in [-0.39, 0.29) is 34.3 Å². The van der Waals surface area contributed by atoms with Crippen molar-refractivity contribution >= 4 is 22.6 Å². The van der Waals surface area contributed by atoms with Crippen LogP contribution in [0.5, 0.6) is 0 Å². The predicted molar refractivity (Wildman–Crippen MR) is 118 cm³/mol. The Kier molecular flexibility index (Phi) is 4.67. The maximum Gasteiger partial charge on any atom is 0.418 e. The summed E-state index contributed by atoms with van der Waals surface area (Å²) in [5.74, 6) is -0.0397. The first-order valence-corrected chi connectivity index (χ1v) is 11.9. The minimum absolute atomic E-state index is 0.0719. The third kappa shape index (κ3) is 3.55. The van der Waals surface area contributed by atoms with Gasteiger partial charge in [0.05, 0.1) is 17.2 Å². The number of halogens is 3. The van der Waals surface area contributed by atoms with Gasteiger partial charge < -0.3 is 15.5 Å². The maximum atomic E-state index is 13.5. The van der Waals surface area contributed by atoms with Gasteiger partial charge >= 0.3 is 6.18 Å². The molecular weight excluding hydrogens is 431 g/mol. The molecule has 1 aromatic heterocycles. The Morgan fingerprint density at radius 3 is 2.42 bits per heavy atom. The minimum Gasteiger partial charge on any atom is -0.368 e. The van der Waals surface area contributed by atoms with Gasteiger partial charge in [-0.3, -0.25) is 14.8 Å². The minimum atomic E-state index is -4.49.